The maximum atomic E-state index is 13.0. The minimum atomic E-state index is -2.64. The van der Waals surface area contributed by atoms with Gasteiger partial charge in [0.1, 0.15) is 28.6 Å². The van der Waals surface area contributed by atoms with Crippen molar-refractivity contribution < 1.29 is 22.9 Å². The summed E-state index contributed by atoms with van der Waals surface area (Å²) in [6, 6.07) is 8.58. The van der Waals surface area contributed by atoms with Crippen LogP contribution >= 0.6 is 0 Å². The molecule has 3 aromatic rings. The Balaban J connectivity index is 1.42. The molecule has 0 atom stereocenters. The molecule has 4 rings (SSSR count). The molecule has 2 heterocycles. The Labute approximate surface area is 188 Å². The molecule has 0 unspecified atom stereocenters. The average molecular weight is 457 g/mol. The Morgan fingerprint density at radius 3 is 2.45 bits per heavy atom. The first kappa shape index (κ1) is 22.6. The van der Waals surface area contributed by atoms with Crippen molar-refractivity contribution in [3.05, 3.63) is 52.9 Å². The van der Waals surface area contributed by atoms with Gasteiger partial charge in [0.05, 0.1) is 12.1 Å². The van der Waals surface area contributed by atoms with E-state index in [-0.39, 0.29) is 54.8 Å². The van der Waals surface area contributed by atoms with Gasteiger partial charge in [0.2, 0.25) is 5.92 Å². The average Bonchev–Trinajstić information content (AvgIpc) is 3.30. The molecule has 1 aromatic carbocycles. The number of nitrogen functional groups attached to an aromatic ring is 1. The number of nitrogens with zero attached hydrogens (tertiary/aromatic N) is 3. The molecule has 8 nitrogen and oxygen atoms in total. The Bertz CT molecular complexity index is 1190. The number of anilines is 1. The summed E-state index contributed by atoms with van der Waals surface area (Å²) in [6.45, 7) is 3.79. The topological polar surface area (TPSA) is 130 Å². The summed E-state index contributed by atoms with van der Waals surface area (Å²) in [6.07, 6.45) is -0.294. The molecule has 10 heteroatoms. The van der Waals surface area contributed by atoms with Crippen molar-refractivity contribution in [2.75, 3.05) is 5.73 Å². The lowest BCUT2D eigenvalue weighted by Gasteiger charge is -2.33. The van der Waals surface area contributed by atoms with E-state index in [1.54, 1.807) is 35.0 Å². The summed E-state index contributed by atoms with van der Waals surface area (Å²) in [4.78, 5) is 24.4. The number of ketones is 1. The van der Waals surface area contributed by atoms with E-state index in [0.717, 1.165) is 5.56 Å². The summed E-state index contributed by atoms with van der Waals surface area (Å²) in [5, 5.41) is 8.28. The fourth-order valence-corrected chi connectivity index (χ4v) is 4.03. The first-order valence-corrected chi connectivity index (χ1v) is 10.7. The number of Topliss-reactive ketones (excluding diaryl/α,β-unsaturated/α-hetero) is 1. The van der Waals surface area contributed by atoms with Crippen LogP contribution in [-0.2, 0) is 17.6 Å². The predicted octanol–water partition coefficient (Wildman–Crippen LogP) is 3.67. The molecule has 1 amide bonds. The molecule has 1 saturated carbocycles. The van der Waals surface area contributed by atoms with Crippen LogP contribution in [0, 0.1) is 0 Å². The number of hydrogen-bond acceptors (Lipinski definition) is 6. The fraction of sp³-hybridized carbons (Fsp3) is 0.391. The number of nitrogens with two attached hydrogens (primary N) is 2. The quantitative estimate of drug-likeness (QED) is 0.531. The van der Waals surface area contributed by atoms with E-state index in [1.807, 2.05) is 13.8 Å². The summed E-state index contributed by atoms with van der Waals surface area (Å²) in [7, 11) is 0. The highest BCUT2D eigenvalue weighted by Gasteiger charge is 2.47. The zero-order valence-electron chi connectivity index (χ0n) is 18.3. The molecule has 4 N–H and O–H groups in total. The van der Waals surface area contributed by atoms with E-state index in [1.165, 1.54) is 0 Å². The normalized spacial score (nSPS) is 15.5. The van der Waals surface area contributed by atoms with Crippen LogP contribution in [0.5, 0.6) is 0 Å². The second-order valence-electron chi connectivity index (χ2n) is 8.78. The number of benzene rings is 1. The lowest BCUT2D eigenvalue weighted by atomic mass is 9.79. The number of hydrogen-bond donors (Lipinski definition) is 2. The first-order chi connectivity index (χ1) is 15.5. The van der Waals surface area contributed by atoms with Crippen molar-refractivity contribution in [1.82, 2.24) is 14.9 Å². The van der Waals surface area contributed by atoms with Gasteiger partial charge in [0.15, 0.2) is 0 Å². The molecule has 0 aliphatic heterocycles. The highest BCUT2D eigenvalue weighted by Crippen LogP contribution is 2.47. The lowest BCUT2D eigenvalue weighted by Crippen LogP contribution is -2.33. The number of carbonyl (C=O) groups is 2. The predicted molar refractivity (Wildman–Crippen MR) is 117 cm³/mol. The van der Waals surface area contributed by atoms with Gasteiger partial charge in [-0.1, -0.05) is 29.4 Å². The number of carbonyl (C=O) groups excluding carboxylic acids is 2. The molecule has 1 fully saturated rings. The Hall–Kier alpha value is -3.56. The second kappa shape index (κ2) is 8.42. The molecular weight excluding hydrogens is 432 g/mol. The van der Waals surface area contributed by atoms with E-state index in [4.69, 9.17) is 16.0 Å². The zero-order chi connectivity index (χ0) is 23.9. The molecule has 33 heavy (non-hydrogen) atoms. The Morgan fingerprint density at radius 2 is 1.88 bits per heavy atom. The third-order valence-electron chi connectivity index (χ3n) is 5.77. The second-order valence-corrected chi connectivity index (χ2v) is 8.78. The fourth-order valence-electron chi connectivity index (χ4n) is 4.03. The highest BCUT2D eigenvalue weighted by atomic mass is 19.3. The molecule has 0 saturated heterocycles. The molecule has 0 spiro atoms. The lowest BCUT2D eigenvalue weighted by molar-refractivity contribution is -0.118. The zero-order valence-corrected chi connectivity index (χ0v) is 18.3. The van der Waals surface area contributed by atoms with Crippen molar-refractivity contribution in [2.24, 2.45) is 5.73 Å². The number of primary amides is 1. The standard InChI is InChI=1S/C23H25F2N5O3/c1-12(2)30-21(26)19(22(27)32)20(28-30)14-5-3-13(4-6-14)7-16(31)8-17-9-18(29-33-17)15-10-23(24,25)11-15/h3-6,9,12,15H,7-8,10-11,26H2,1-2H3,(H2,27,32). The summed E-state index contributed by atoms with van der Waals surface area (Å²) in [5.41, 5.74) is 14.0. The molecule has 2 aromatic heterocycles. The number of aromatic nitrogens is 3. The monoisotopic (exact) mass is 457 g/mol. The van der Waals surface area contributed by atoms with E-state index in [2.05, 4.69) is 10.3 Å². The van der Waals surface area contributed by atoms with Crippen LogP contribution in [0.4, 0.5) is 14.6 Å². The molecular formula is C23H25F2N5O3. The first-order valence-electron chi connectivity index (χ1n) is 10.7. The van der Waals surface area contributed by atoms with Crippen LogP contribution in [0.15, 0.2) is 34.9 Å². The van der Waals surface area contributed by atoms with Gasteiger partial charge in [0, 0.05) is 42.9 Å². The van der Waals surface area contributed by atoms with Crippen LogP contribution in [0.3, 0.4) is 0 Å². The van der Waals surface area contributed by atoms with Gasteiger partial charge in [-0.05, 0) is 19.4 Å². The Morgan fingerprint density at radius 1 is 1.21 bits per heavy atom. The van der Waals surface area contributed by atoms with E-state index >= 15 is 0 Å². The van der Waals surface area contributed by atoms with Crippen molar-refractivity contribution in [3.8, 4) is 11.3 Å². The maximum absolute atomic E-state index is 13.0. The Kier molecular flexibility index (Phi) is 5.77. The van der Waals surface area contributed by atoms with Gasteiger partial charge in [-0.25, -0.2) is 13.5 Å². The third-order valence-corrected chi connectivity index (χ3v) is 5.77. The number of halogens is 2. The van der Waals surface area contributed by atoms with Gasteiger partial charge in [-0.3, -0.25) is 9.59 Å². The largest absolute Gasteiger partial charge is 0.383 e. The number of rotatable bonds is 8. The highest BCUT2D eigenvalue weighted by molar-refractivity contribution is 6.03. The van der Waals surface area contributed by atoms with Crippen molar-refractivity contribution in [3.63, 3.8) is 0 Å². The van der Waals surface area contributed by atoms with E-state index in [9.17, 15) is 18.4 Å². The van der Waals surface area contributed by atoms with Gasteiger partial charge in [-0.15, -0.1) is 0 Å². The molecule has 1 aliphatic carbocycles. The minimum Gasteiger partial charge on any atom is -0.383 e. The summed E-state index contributed by atoms with van der Waals surface area (Å²) >= 11 is 0. The minimum absolute atomic E-state index is 0.0268. The number of alkyl halides is 2. The number of amides is 1. The van der Waals surface area contributed by atoms with E-state index < -0.39 is 11.8 Å². The van der Waals surface area contributed by atoms with Crippen LogP contribution in [0.2, 0.25) is 0 Å². The van der Waals surface area contributed by atoms with Crippen molar-refractivity contribution in [2.45, 2.75) is 57.4 Å². The third kappa shape index (κ3) is 4.64. The molecule has 0 radical (unpaired) electrons. The van der Waals surface area contributed by atoms with Gasteiger partial charge in [-0.2, -0.15) is 5.10 Å². The summed E-state index contributed by atoms with van der Waals surface area (Å²) in [5.74, 6) is -3.14. The van der Waals surface area contributed by atoms with Crippen LogP contribution < -0.4 is 11.5 Å². The van der Waals surface area contributed by atoms with Crippen LogP contribution in [0.1, 0.15) is 66.0 Å². The van der Waals surface area contributed by atoms with Crippen LogP contribution in [-0.4, -0.2) is 32.6 Å². The maximum Gasteiger partial charge on any atom is 0.254 e. The molecule has 1 aliphatic rings. The molecule has 174 valence electrons. The smallest absolute Gasteiger partial charge is 0.254 e. The summed E-state index contributed by atoms with van der Waals surface area (Å²) < 4.78 is 32.8. The molecule has 0 bridgehead atoms. The van der Waals surface area contributed by atoms with Gasteiger partial charge in [0.25, 0.3) is 5.91 Å². The van der Waals surface area contributed by atoms with Crippen LogP contribution in [0.25, 0.3) is 11.3 Å². The van der Waals surface area contributed by atoms with E-state index in [0.29, 0.717) is 22.7 Å². The van der Waals surface area contributed by atoms with Gasteiger partial charge < -0.3 is 16.0 Å². The SMILES string of the molecule is CC(C)n1nc(-c2ccc(CC(=O)Cc3cc(C4CC(F)(F)C4)no3)cc2)c(C(N)=O)c1N. The van der Waals surface area contributed by atoms with Gasteiger partial charge >= 0.3 is 0 Å². The van der Waals surface area contributed by atoms with Crippen molar-refractivity contribution >= 4 is 17.5 Å². The van der Waals surface area contributed by atoms with Crippen molar-refractivity contribution in [1.29, 1.82) is 0 Å².